The minimum Gasteiger partial charge on any atom is -0.289 e. The lowest BCUT2D eigenvalue weighted by Gasteiger charge is -2.29. The SMILES string of the molecule is CC(C)(C)C1=NN(CC2CCC2)C(=CC(=O)c2cccc(Cl)c2Cl)S1. The summed E-state index contributed by atoms with van der Waals surface area (Å²) in [5.74, 6) is 0.524. The third kappa shape index (κ3) is 4.24. The molecule has 1 aliphatic carbocycles. The van der Waals surface area contributed by atoms with E-state index in [2.05, 4.69) is 20.8 Å². The maximum atomic E-state index is 12.7. The summed E-state index contributed by atoms with van der Waals surface area (Å²) in [4.78, 5) is 12.7. The molecule has 1 aromatic rings. The average molecular weight is 397 g/mol. The molecule has 0 bridgehead atoms. The summed E-state index contributed by atoms with van der Waals surface area (Å²) in [7, 11) is 0. The van der Waals surface area contributed by atoms with Crippen molar-refractivity contribution in [3.63, 3.8) is 0 Å². The van der Waals surface area contributed by atoms with Crippen molar-refractivity contribution in [2.45, 2.75) is 40.0 Å². The summed E-state index contributed by atoms with van der Waals surface area (Å²) >= 11 is 13.8. The van der Waals surface area contributed by atoms with Crippen LogP contribution in [0.2, 0.25) is 10.0 Å². The monoisotopic (exact) mass is 396 g/mol. The molecule has 0 unspecified atom stereocenters. The molecule has 0 aromatic heterocycles. The van der Waals surface area contributed by atoms with Gasteiger partial charge in [-0.25, -0.2) is 0 Å². The first-order chi connectivity index (χ1) is 11.8. The lowest BCUT2D eigenvalue weighted by molar-refractivity contribution is 0.104. The van der Waals surface area contributed by atoms with Crippen molar-refractivity contribution in [3.8, 4) is 0 Å². The van der Waals surface area contributed by atoms with Crippen molar-refractivity contribution < 1.29 is 4.79 Å². The van der Waals surface area contributed by atoms with Gasteiger partial charge in [0.15, 0.2) is 5.78 Å². The second-order valence-corrected chi connectivity index (χ2v) is 9.38. The number of carbonyl (C=O) groups is 1. The number of carbonyl (C=O) groups excluding carboxylic acids is 1. The van der Waals surface area contributed by atoms with Crippen LogP contribution in [0.15, 0.2) is 34.4 Å². The van der Waals surface area contributed by atoms with Crippen LogP contribution in [0, 0.1) is 11.3 Å². The van der Waals surface area contributed by atoms with Gasteiger partial charge in [0.2, 0.25) is 0 Å². The fraction of sp³-hybridized carbons (Fsp3) is 0.474. The zero-order valence-electron chi connectivity index (χ0n) is 14.7. The van der Waals surface area contributed by atoms with Gasteiger partial charge in [-0.3, -0.25) is 9.80 Å². The highest BCUT2D eigenvalue weighted by molar-refractivity contribution is 8.17. The number of hydrogen-bond donors (Lipinski definition) is 0. The Morgan fingerprint density at radius 1 is 1.36 bits per heavy atom. The van der Waals surface area contributed by atoms with Gasteiger partial charge in [-0.05, 0) is 30.9 Å². The normalized spacial score (nSPS) is 20.0. The van der Waals surface area contributed by atoms with E-state index in [1.807, 2.05) is 5.01 Å². The van der Waals surface area contributed by atoms with E-state index in [0.29, 0.717) is 21.5 Å². The zero-order chi connectivity index (χ0) is 18.2. The third-order valence-corrected chi connectivity index (χ3v) is 6.68. The molecule has 3 nitrogen and oxygen atoms in total. The van der Waals surface area contributed by atoms with Gasteiger partial charge in [-0.1, -0.05) is 68.2 Å². The van der Waals surface area contributed by atoms with E-state index < -0.39 is 0 Å². The Balaban J connectivity index is 1.86. The maximum absolute atomic E-state index is 12.7. The summed E-state index contributed by atoms with van der Waals surface area (Å²) in [6.07, 6.45) is 5.41. The summed E-state index contributed by atoms with van der Waals surface area (Å²) < 4.78 is 0. The van der Waals surface area contributed by atoms with E-state index in [9.17, 15) is 4.79 Å². The predicted molar refractivity (Wildman–Crippen MR) is 107 cm³/mol. The number of thioether (sulfide) groups is 1. The van der Waals surface area contributed by atoms with Crippen LogP contribution < -0.4 is 0 Å². The van der Waals surface area contributed by atoms with Crippen LogP contribution in [0.1, 0.15) is 50.4 Å². The Morgan fingerprint density at radius 2 is 2.08 bits per heavy atom. The van der Waals surface area contributed by atoms with Gasteiger partial charge in [-0.15, -0.1) is 0 Å². The van der Waals surface area contributed by atoms with Gasteiger partial charge >= 0.3 is 0 Å². The lowest BCUT2D eigenvalue weighted by Crippen LogP contribution is -2.26. The van der Waals surface area contributed by atoms with Crippen LogP contribution in [-0.4, -0.2) is 22.4 Å². The summed E-state index contributed by atoms with van der Waals surface area (Å²) in [5.41, 5.74) is 0.379. The second kappa shape index (κ2) is 7.34. The Labute approximate surface area is 163 Å². The zero-order valence-corrected chi connectivity index (χ0v) is 17.0. The van der Waals surface area contributed by atoms with Crippen molar-refractivity contribution in [1.82, 2.24) is 5.01 Å². The number of rotatable bonds is 4. The van der Waals surface area contributed by atoms with Crippen molar-refractivity contribution in [3.05, 3.63) is 44.9 Å². The number of benzene rings is 1. The standard InChI is InChI=1S/C19H22Cl2N2OS/c1-19(2,3)18-22-23(11-12-6-4-7-12)16(25-18)10-15(24)13-8-5-9-14(20)17(13)21/h5,8-10,12H,4,6-7,11H2,1-3H3. The van der Waals surface area contributed by atoms with Gasteiger partial charge in [-0.2, -0.15) is 5.10 Å². The molecule has 0 amide bonds. The highest BCUT2D eigenvalue weighted by Crippen LogP contribution is 2.40. The van der Waals surface area contributed by atoms with Crippen LogP contribution >= 0.6 is 35.0 Å². The first-order valence-electron chi connectivity index (χ1n) is 8.50. The highest BCUT2D eigenvalue weighted by Gasteiger charge is 2.32. The molecule has 6 heteroatoms. The van der Waals surface area contributed by atoms with Crippen LogP contribution in [0.25, 0.3) is 0 Å². The average Bonchev–Trinajstić information content (AvgIpc) is 2.88. The van der Waals surface area contributed by atoms with Crippen molar-refractivity contribution in [2.75, 3.05) is 6.54 Å². The van der Waals surface area contributed by atoms with E-state index in [-0.39, 0.29) is 11.2 Å². The third-order valence-electron chi connectivity index (χ3n) is 4.44. The number of halogens is 2. The van der Waals surface area contributed by atoms with Gasteiger partial charge < -0.3 is 0 Å². The first kappa shape index (κ1) is 18.8. The Kier molecular flexibility index (Phi) is 5.52. The molecule has 0 saturated heterocycles. The van der Waals surface area contributed by atoms with Crippen LogP contribution in [0.4, 0.5) is 0 Å². The summed E-state index contributed by atoms with van der Waals surface area (Å²) in [6, 6.07) is 5.13. The van der Waals surface area contributed by atoms with Gasteiger partial charge in [0.25, 0.3) is 0 Å². The Bertz CT molecular complexity index is 748. The smallest absolute Gasteiger partial charge is 0.190 e. The quantitative estimate of drug-likeness (QED) is 0.446. The highest BCUT2D eigenvalue weighted by atomic mass is 35.5. The van der Waals surface area contributed by atoms with Gasteiger partial charge in [0.1, 0.15) is 10.1 Å². The van der Waals surface area contributed by atoms with Gasteiger partial charge in [0, 0.05) is 23.6 Å². The largest absolute Gasteiger partial charge is 0.289 e. The molecular formula is C19H22Cl2N2OS. The molecule has 1 aromatic carbocycles. The Morgan fingerprint density at radius 3 is 2.68 bits per heavy atom. The molecule has 0 spiro atoms. The molecule has 1 saturated carbocycles. The molecule has 1 heterocycles. The van der Waals surface area contributed by atoms with Crippen LogP contribution in [0.3, 0.4) is 0 Å². The van der Waals surface area contributed by atoms with E-state index in [4.69, 9.17) is 28.3 Å². The topological polar surface area (TPSA) is 32.7 Å². The van der Waals surface area contributed by atoms with E-state index >= 15 is 0 Å². The molecule has 25 heavy (non-hydrogen) atoms. The summed E-state index contributed by atoms with van der Waals surface area (Å²) in [5, 5.41) is 9.37. The fourth-order valence-electron chi connectivity index (χ4n) is 2.67. The minimum atomic E-state index is -0.140. The van der Waals surface area contributed by atoms with Crippen molar-refractivity contribution in [2.24, 2.45) is 16.4 Å². The first-order valence-corrected chi connectivity index (χ1v) is 10.1. The summed E-state index contributed by atoms with van der Waals surface area (Å²) in [6.45, 7) is 7.28. The molecule has 3 rings (SSSR count). The lowest BCUT2D eigenvalue weighted by atomic mass is 9.85. The van der Waals surface area contributed by atoms with E-state index in [0.717, 1.165) is 16.6 Å². The molecule has 1 aliphatic heterocycles. The molecule has 0 radical (unpaired) electrons. The minimum absolute atomic E-state index is 0.0468. The number of hydrazone groups is 1. The molecule has 0 N–H and O–H groups in total. The maximum Gasteiger partial charge on any atom is 0.190 e. The number of ketones is 1. The van der Waals surface area contributed by atoms with Crippen LogP contribution in [-0.2, 0) is 0 Å². The number of allylic oxidation sites excluding steroid dienone is 1. The number of hydrogen-bond acceptors (Lipinski definition) is 4. The fourth-order valence-corrected chi connectivity index (χ4v) is 4.10. The molecule has 1 fully saturated rings. The van der Waals surface area contributed by atoms with E-state index in [1.54, 1.807) is 36.0 Å². The molecular weight excluding hydrogens is 375 g/mol. The van der Waals surface area contributed by atoms with Crippen molar-refractivity contribution >= 4 is 45.8 Å². The predicted octanol–water partition coefficient (Wildman–Crippen LogP) is 6.23. The number of nitrogens with zero attached hydrogens (tertiary/aromatic N) is 2. The second-order valence-electron chi connectivity index (χ2n) is 7.58. The van der Waals surface area contributed by atoms with E-state index in [1.165, 1.54) is 19.3 Å². The molecule has 0 atom stereocenters. The molecule has 2 aliphatic rings. The van der Waals surface area contributed by atoms with Gasteiger partial charge in [0.05, 0.1) is 10.0 Å². The van der Waals surface area contributed by atoms with Crippen molar-refractivity contribution in [1.29, 1.82) is 0 Å². The Hall–Kier alpha value is -0.970. The molecule has 134 valence electrons. The van der Waals surface area contributed by atoms with Crippen LogP contribution in [0.5, 0.6) is 0 Å².